The Balaban J connectivity index is 0.000000143. The van der Waals surface area contributed by atoms with E-state index in [9.17, 15) is 51.0 Å². The average molecular weight is 1710 g/mol. The van der Waals surface area contributed by atoms with Gasteiger partial charge in [0.15, 0.2) is 37.0 Å². The van der Waals surface area contributed by atoms with E-state index in [0.717, 1.165) is 118 Å². The van der Waals surface area contributed by atoms with Gasteiger partial charge in [-0.15, -0.1) is 0 Å². The summed E-state index contributed by atoms with van der Waals surface area (Å²) in [6.45, 7) is 5.13. The van der Waals surface area contributed by atoms with Crippen molar-refractivity contribution >= 4 is 65.0 Å². The van der Waals surface area contributed by atoms with Gasteiger partial charge >= 0.3 is 6.18 Å². The first-order valence-corrected chi connectivity index (χ1v) is 50.9. The standard InChI is InChI=1S/C25H35O4P.C23H28F3O4P.C22H28ClO4P.C22H29O4P.CH4/c1-4-9-19-20-12-5-6-13-21(20)23-15-8-14-22(19)24(23)25(28-2)17-10-7-11-18(16-17)29-30(3,26)27;1-31(27,28)30-18-9-4-8-17(13-18)22(29-14-23(24,25)26)21-16-7-5-11-20(21)19-10-3-2-6-15(19)12-16;1-26-22(16-10-11-19(23)20(13-16)27-28(2,24)25)21-15-7-5-9-18(21)17-8-4-3-6-14(17)12-15;1-25-22(17-9-5-10-18(14-17)26-27(2,23)24)21-16-8-6-12-20(21)19-11-4-3-7-15(19)13-16;/h7,10-11,16,19,22-23H,4-6,8-9,12-15H2,1-3H3,(H,26,27);4,8-9,13,16,20H,2-3,5-7,10-12,14H2,1H3,(H,27,28);10-11,13,15,18H,3-9,12H2,1-2H3,(H,24,25);5,9-10,14,16,20H,3-4,6-8,11-13H2,1-2H3,(H,23,24);1H4/p-4/b25-24+;3*22-21+;. The lowest BCUT2D eigenvalue weighted by molar-refractivity contribution is -0.190. The van der Waals surface area contributed by atoms with Gasteiger partial charge in [-0.05, 0) is 286 Å². The molecule has 4 saturated carbocycles. The van der Waals surface area contributed by atoms with Crippen LogP contribution in [0, 0.1) is 53.3 Å². The maximum Gasteiger partial charge on any atom is 0.422 e. The summed E-state index contributed by atoms with van der Waals surface area (Å²) in [6.07, 6.45) is 34.9. The summed E-state index contributed by atoms with van der Waals surface area (Å²) in [5.74, 6) is 7.89. The van der Waals surface area contributed by atoms with E-state index >= 15 is 0 Å². The molecule has 16 nitrogen and oxygen atoms in total. The van der Waals surface area contributed by atoms with Crippen molar-refractivity contribution < 1.29 is 88.0 Å². The molecule has 4 aromatic rings. The Morgan fingerprint density at radius 3 is 1.15 bits per heavy atom. The zero-order valence-corrected chi connectivity index (χ0v) is 73.1. The molecule has 4 aromatic carbocycles. The predicted molar refractivity (Wildman–Crippen MR) is 452 cm³/mol. The van der Waals surface area contributed by atoms with Crippen molar-refractivity contribution in [1.29, 1.82) is 0 Å². The van der Waals surface area contributed by atoms with Crippen LogP contribution in [-0.4, -0.2) is 60.8 Å². The fourth-order valence-corrected chi connectivity index (χ4v) is 24.4. The monoisotopic (exact) mass is 1710 g/mol. The molecular formula is C93H120ClF3O16P4-4. The number of ether oxygens (including phenoxy) is 4. The molecule has 16 rings (SSSR count). The van der Waals surface area contributed by atoms with Crippen LogP contribution in [0.1, 0.15) is 248 Å². The highest BCUT2D eigenvalue weighted by Gasteiger charge is 2.47. The van der Waals surface area contributed by atoms with Crippen LogP contribution in [0.3, 0.4) is 0 Å². The Morgan fingerprint density at radius 1 is 0.419 bits per heavy atom. The summed E-state index contributed by atoms with van der Waals surface area (Å²) >= 11 is 6.17. The van der Waals surface area contributed by atoms with Crippen molar-refractivity contribution in [3.8, 4) is 23.0 Å². The van der Waals surface area contributed by atoms with Crippen molar-refractivity contribution in [2.24, 2.45) is 53.3 Å². The van der Waals surface area contributed by atoms with Crippen molar-refractivity contribution in [2.45, 2.75) is 232 Å². The molecule has 0 spiro atoms. The number of allylic oxidation sites excluding steroid dienone is 12. The summed E-state index contributed by atoms with van der Waals surface area (Å²) in [6, 6.07) is 26.1. The van der Waals surface area contributed by atoms with Crippen molar-refractivity contribution in [3.63, 3.8) is 0 Å². The minimum absolute atomic E-state index is 0. The minimum Gasteiger partial charge on any atom is -0.769 e. The first kappa shape index (κ1) is 90.3. The average Bonchev–Trinajstić information content (AvgIpc) is 0.751. The quantitative estimate of drug-likeness (QED) is 0.0482. The maximum absolute atomic E-state index is 13.1. The SMILES string of the molecule is C.CCCC1C2=C(CCCC2)C2CCCC1/C2=C(\OC)c1cccc(OP(C)(=O)[O-])c1.CO/C(=C1\C2CCCC1C1=C(CCCC1)C2)c1ccc(Cl)c(OP(C)(=O)[O-])c1.CO/C(=C1\C2CCCC1C1=C(CCCC1)C2)c1cccc(OP(C)(=O)[O-])c1.CP(=O)([O-])Oc1cccc(/C(OCC(F)(F)F)=C2/C3CCCC2C2=C(CCCC2)C3)c1. The number of halogens is 4. The zero-order chi connectivity index (χ0) is 82.4. The number of rotatable bonds is 19. The third-order valence-electron chi connectivity index (χ3n) is 26.1. The van der Waals surface area contributed by atoms with E-state index in [4.69, 9.17) is 48.6 Å². The number of hydrogen-bond donors (Lipinski definition) is 0. The molecule has 117 heavy (non-hydrogen) atoms. The van der Waals surface area contributed by atoms with Gasteiger partial charge in [-0.25, -0.2) is 0 Å². The highest BCUT2D eigenvalue weighted by molar-refractivity contribution is 7.51. The van der Waals surface area contributed by atoms with E-state index in [1.807, 2.05) is 36.4 Å². The first-order valence-electron chi connectivity index (χ1n) is 42.5. The predicted octanol–water partition coefficient (Wildman–Crippen LogP) is 24.4. The van der Waals surface area contributed by atoms with Crippen molar-refractivity contribution in [2.75, 3.05) is 54.6 Å². The van der Waals surface area contributed by atoms with Gasteiger partial charge < -0.3 is 56.6 Å². The molecule has 0 heterocycles. The molecule has 0 aliphatic heterocycles. The molecule has 24 heteroatoms. The molecule has 640 valence electrons. The van der Waals surface area contributed by atoms with Crippen LogP contribution >= 0.6 is 42.0 Å². The lowest BCUT2D eigenvalue weighted by Gasteiger charge is -2.48. The van der Waals surface area contributed by atoms with Gasteiger partial charge in [-0.2, -0.15) is 13.2 Å². The van der Waals surface area contributed by atoms with Crippen LogP contribution < -0.4 is 37.7 Å². The number of benzene rings is 4. The third kappa shape index (κ3) is 22.3. The maximum atomic E-state index is 13.1. The van der Waals surface area contributed by atoms with Crippen LogP contribution in [0.15, 0.2) is 158 Å². The molecule has 8 bridgehead atoms. The number of alkyl halides is 3. The van der Waals surface area contributed by atoms with Crippen LogP contribution in [0.25, 0.3) is 23.0 Å². The number of methoxy groups -OCH3 is 3. The topological polar surface area (TPSA) is 234 Å². The smallest absolute Gasteiger partial charge is 0.422 e. The molecule has 13 unspecified atom stereocenters. The van der Waals surface area contributed by atoms with Crippen molar-refractivity contribution in [1.82, 2.24) is 0 Å². The van der Waals surface area contributed by atoms with Gasteiger partial charge in [-0.1, -0.05) is 139 Å². The molecule has 12 aliphatic rings. The van der Waals surface area contributed by atoms with E-state index in [1.165, 1.54) is 201 Å². The molecule has 4 fully saturated rings. The van der Waals surface area contributed by atoms with Gasteiger partial charge in [0.1, 0.15) is 46.0 Å². The van der Waals surface area contributed by atoms with E-state index in [2.05, 4.69) is 6.92 Å². The highest BCUT2D eigenvalue weighted by Crippen LogP contribution is 2.60. The lowest BCUT2D eigenvalue weighted by Crippen LogP contribution is -2.36. The molecular weight excluding hydrogens is 1590 g/mol. The van der Waals surface area contributed by atoms with Gasteiger partial charge in [0.25, 0.3) is 0 Å². The van der Waals surface area contributed by atoms with E-state index < -0.39 is 43.2 Å². The number of hydrogen-bond acceptors (Lipinski definition) is 16. The second-order valence-corrected chi connectivity index (χ2v) is 41.5. The Hall–Kier alpha value is -5.96. The lowest BCUT2D eigenvalue weighted by atomic mass is 9.57. The van der Waals surface area contributed by atoms with Gasteiger partial charge in [-0.3, -0.25) is 18.3 Å². The van der Waals surface area contributed by atoms with Crippen LogP contribution in [0.2, 0.25) is 5.02 Å². The van der Waals surface area contributed by atoms with Gasteiger partial charge in [0, 0.05) is 72.6 Å². The van der Waals surface area contributed by atoms with Crippen LogP contribution in [0.5, 0.6) is 23.0 Å². The molecule has 0 aromatic heterocycles. The van der Waals surface area contributed by atoms with Crippen LogP contribution in [-0.2, 0) is 37.2 Å². The molecule has 0 amide bonds. The fraction of sp³-hybridized carbons (Fsp3) is 0.570. The van der Waals surface area contributed by atoms with E-state index in [-0.39, 0.29) is 41.5 Å². The first-order chi connectivity index (χ1) is 55.4. The second-order valence-electron chi connectivity index (χ2n) is 34.2. The number of fused-ring (bicyclic) bond motifs is 12. The summed E-state index contributed by atoms with van der Waals surface area (Å²) < 4.78 is 129. The second kappa shape index (κ2) is 39.1. The molecule has 0 radical (unpaired) electrons. The Labute approximate surface area is 697 Å². The summed E-state index contributed by atoms with van der Waals surface area (Å²) in [4.78, 5) is 46.4. The van der Waals surface area contributed by atoms with Crippen molar-refractivity contribution in [3.05, 3.63) is 185 Å². The molecule has 12 aliphatic carbocycles. The Bertz CT molecular complexity index is 4730. The largest absolute Gasteiger partial charge is 0.769 e. The molecule has 0 saturated heterocycles. The van der Waals surface area contributed by atoms with E-state index in [1.54, 1.807) is 97.2 Å². The van der Waals surface area contributed by atoms with Gasteiger partial charge in [0.05, 0.1) is 26.4 Å². The van der Waals surface area contributed by atoms with Crippen LogP contribution in [0.4, 0.5) is 13.2 Å². The van der Waals surface area contributed by atoms with E-state index in [0.29, 0.717) is 58.5 Å². The normalized spacial score (nSPS) is 28.3. The Morgan fingerprint density at radius 2 is 0.761 bits per heavy atom. The summed E-state index contributed by atoms with van der Waals surface area (Å²) in [5, 5.41) is 0.281. The Kier molecular flexibility index (Phi) is 30.1. The molecule has 0 N–H and O–H groups in total. The minimum atomic E-state index is -4.47. The summed E-state index contributed by atoms with van der Waals surface area (Å²) in [7, 11) is -10.5. The van der Waals surface area contributed by atoms with Gasteiger partial charge in [0.2, 0.25) is 0 Å². The zero-order valence-electron chi connectivity index (χ0n) is 68.7. The summed E-state index contributed by atoms with van der Waals surface area (Å²) in [5.41, 5.74) is 21.4. The fourth-order valence-electron chi connectivity index (χ4n) is 22.2. The molecule has 13 atom stereocenters. The highest BCUT2D eigenvalue weighted by atomic mass is 35.5. The third-order valence-corrected chi connectivity index (χ3v) is 28.6.